The zero-order valence-electron chi connectivity index (χ0n) is 9.26. The van der Waals surface area contributed by atoms with E-state index in [1.165, 1.54) is 5.56 Å². The highest BCUT2D eigenvalue weighted by Gasteiger charge is 2.11. The highest BCUT2D eigenvalue weighted by molar-refractivity contribution is 9.10. The number of rotatable bonds is 1. The van der Waals surface area contributed by atoms with E-state index >= 15 is 0 Å². The van der Waals surface area contributed by atoms with E-state index in [0.29, 0.717) is 0 Å². The molecule has 2 heterocycles. The molecule has 0 aliphatic carbocycles. The number of benzene rings is 1. The number of fused-ring (bicyclic) bond motifs is 1. The van der Waals surface area contributed by atoms with Crippen LogP contribution in [0.2, 0.25) is 0 Å². The lowest BCUT2D eigenvalue weighted by atomic mass is 10.1. The number of hydrogen-bond donors (Lipinski definition) is 0. The largest absolute Gasteiger partial charge is 0.282 e. The molecule has 0 radical (unpaired) electrons. The zero-order valence-corrected chi connectivity index (χ0v) is 10.8. The molecular weight excluding hydrogens is 278 g/mol. The molecule has 0 bridgehead atoms. The van der Waals surface area contributed by atoms with Crippen molar-refractivity contribution in [1.29, 1.82) is 0 Å². The predicted molar refractivity (Wildman–Crippen MR) is 70.9 cm³/mol. The monoisotopic (exact) mass is 287 g/mol. The topological polar surface area (TPSA) is 30.2 Å². The quantitative estimate of drug-likeness (QED) is 0.686. The number of halogens is 1. The second-order valence-electron chi connectivity index (χ2n) is 3.88. The van der Waals surface area contributed by atoms with Crippen LogP contribution in [0.15, 0.2) is 47.5 Å². The normalized spacial score (nSPS) is 10.9. The Morgan fingerprint density at radius 1 is 1.18 bits per heavy atom. The van der Waals surface area contributed by atoms with Gasteiger partial charge in [-0.05, 0) is 34.5 Å². The summed E-state index contributed by atoms with van der Waals surface area (Å²) in [5.41, 5.74) is 3.36. The van der Waals surface area contributed by atoms with Crippen molar-refractivity contribution >= 4 is 21.4 Å². The summed E-state index contributed by atoms with van der Waals surface area (Å²) in [5, 5.41) is 0. The third-order valence-corrected chi connectivity index (χ3v) is 3.37. The zero-order chi connectivity index (χ0) is 11.8. The van der Waals surface area contributed by atoms with Crippen LogP contribution in [0.25, 0.3) is 16.9 Å². The predicted octanol–water partition coefficient (Wildman–Crippen LogP) is 3.47. The van der Waals surface area contributed by atoms with Gasteiger partial charge in [-0.15, -0.1) is 0 Å². The minimum Gasteiger partial charge on any atom is -0.282 e. The SMILES string of the molecule is Cc1ccccc1-c1nc(Br)c2ccncn12. The summed E-state index contributed by atoms with van der Waals surface area (Å²) >= 11 is 3.48. The summed E-state index contributed by atoms with van der Waals surface area (Å²) in [7, 11) is 0. The van der Waals surface area contributed by atoms with E-state index in [0.717, 1.165) is 21.5 Å². The third kappa shape index (κ3) is 1.65. The van der Waals surface area contributed by atoms with Crippen LogP contribution >= 0.6 is 15.9 Å². The van der Waals surface area contributed by atoms with Gasteiger partial charge in [0.2, 0.25) is 0 Å². The van der Waals surface area contributed by atoms with Crippen LogP contribution in [0.1, 0.15) is 5.56 Å². The molecule has 0 aliphatic rings. The molecule has 3 rings (SSSR count). The highest BCUT2D eigenvalue weighted by atomic mass is 79.9. The van der Waals surface area contributed by atoms with Crippen LogP contribution in [0, 0.1) is 6.92 Å². The lowest BCUT2D eigenvalue weighted by Crippen LogP contribution is -1.91. The molecule has 0 N–H and O–H groups in total. The molecule has 4 heteroatoms. The maximum atomic E-state index is 4.56. The highest BCUT2D eigenvalue weighted by Crippen LogP contribution is 2.27. The van der Waals surface area contributed by atoms with Gasteiger partial charge in [0.1, 0.15) is 16.8 Å². The van der Waals surface area contributed by atoms with Gasteiger partial charge < -0.3 is 0 Å². The molecule has 0 spiro atoms. The van der Waals surface area contributed by atoms with Gasteiger partial charge in [0.05, 0.1) is 5.52 Å². The molecular formula is C13H10BrN3. The molecule has 0 saturated carbocycles. The van der Waals surface area contributed by atoms with Crippen LogP contribution in [-0.4, -0.2) is 14.4 Å². The van der Waals surface area contributed by atoms with Gasteiger partial charge in [-0.3, -0.25) is 4.40 Å². The molecule has 0 amide bonds. The minimum atomic E-state index is 0.846. The Kier molecular flexibility index (Phi) is 2.44. The van der Waals surface area contributed by atoms with Crippen LogP contribution < -0.4 is 0 Å². The Balaban J connectivity index is 2.35. The van der Waals surface area contributed by atoms with Crippen molar-refractivity contribution in [2.24, 2.45) is 0 Å². The fourth-order valence-corrected chi connectivity index (χ4v) is 2.41. The van der Waals surface area contributed by atoms with E-state index in [1.807, 2.05) is 22.6 Å². The standard InChI is InChI=1S/C13H10BrN3/c1-9-4-2-3-5-10(9)13-16-12(14)11-6-7-15-8-17(11)13/h2-8H,1H3. The summed E-state index contributed by atoms with van der Waals surface area (Å²) in [5.74, 6) is 0.915. The Hall–Kier alpha value is -1.68. The van der Waals surface area contributed by atoms with Crippen LogP contribution in [0.3, 0.4) is 0 Å². The molecule has 84 valence electrons. The summed E-state index contributed by atoms with van der Waals surface area (Å²) in [6.45, 7) is 2.08. The van der Waals surface area contributed by atoms with E-state index in [1.54, 1.807) is 12.5 Å². The van der Waals surface area contributed by atoms with Crippen molar-refractivity contribution in [3.63, 3.8) is 0 Å². The fraction of sp³-hybridized carbons (Fsp3) is 0.0769. The van der Waals surface area contributed by atoms with Gasteiger partial charge in [-0.1, -0.05) is 24.3 Å². The summed E-state index contributed by atoms with van der Waals surface area (Å²) < 4.78 is 2.84. The molecule has 0 unspecified atom stereocenters. The first-order valence-electron chi connectivity index (χ1n) is 5.31. The molecule has 0 aliphatic heterocycles. The summed E-state index contributed by atoms with van der Waals surface area (Å²) in [4.78, 5) is 8.70. The van der Waals surface area contributed by atoms with E-state index in [-0.39, 0.29) is 0 Å². The van der Waals surface area contributed by atoms with Crippen molar-refractivity contribution in [1.82, 2.24) is 14.4 Å². The lowest BCUT2D eigenvalue weighted by Gasteiger charge is -2.03. The van der Waals surface area contributed by atoms with Gasteiger partial charge in [0.25, 0.3) is 0 Å². The minimum absolute atomic E-state index is 0.846. The van der Waals surface area contributed by atoms with Crippen molar-refractivity contribution in [2.75, 3.05) is 0 Å². The van der Waals surface area contributed by atoms with Crippen molar-refractivity contribution in [3.05, 3.63) is 53.0 Å². The number of aryl methyl sites for hydroxylation is 1. The average molecular weight is 288 g/mol. The maximum Gasteiger partial charge on any atom is 0.147 e. The molecule has 2 aromatic heterocycles. The van der Waals surface area contributed by atoms with Crippen molar-refractivity contribution < 1.29 is 0 Å². The van der Waals surface area contributed by atoms with E-state index in [2.05, 4.69) is 45.0 Å². The van der Waals surface area contributed by atoms with Crippen LogP contribution in [0.5, 0.6) is 0 Å². The molecule has 0 fully saturated rings. The molecule has 3 nitrogen and oxygen atoms in total. The van der Waals surface area contributed by atoms with Crippen LogP contribution in [-0.2, 0) is 0 Å². The van der Waals surface area contributed by atoms with Gasteiger partial charge in [-0.25, -0.2) is 9.97 Å². The number of nitrogens with zero attached hydrogens (tertiary/aromatic N) is 3. The van der Waals surface area contributed by atoms with Gasteiger partial charge in [-0.2, -0.15) is 0 Å². The van der Waals surface area contributed by atoms with Gasteiger partial charge in [0.15, 0.2) is 0 Å². The van der Waals surface area contributed by atoms with Gasteiger partial charge >= 0.3 is 0 Å². The third-order valence-electron chi connectivity index (χ3n) is 2.79. The maximum absolute atomic E-state index is 4.56. The second kappa shape index (κ2) is 3.96. The lowest BCUT2D eigenvalue weighted by molar-refractivity contribution is 1.08. The molecule has 1 aromatic carbocycles. The Morgan fingerprint density at radius 2 is 2.00 bits per heavy atom. The Labute approximate surface area is 107 Å². The van der Waals surface area contributed by atoms with Crippen molar-refractivity contribution in [3.8, 4) is 11.4 Å². The van der Waals surface area contributed by atoms with Crippen LogP contribution in [0.4, 0.5) is 0 Å². The fourth-order valence-electron chi connectivity index (χ4n) is 1.92. The number of hydrogen-bond acceptors (Lipinski definition) is 2. The summed E-state index contributed by atoms with van der Waals surface area (Å²) in [6.07, 6.45) is 3.55. The first-order valence-corrected chi connectivity index (χ1v) is 6.10. The average Bonchev–Trinajstić information content (AvgIpc) is 2.68. The Morgan fingerprint density at radius 3 is 2.82 bits per heavy atom. The molecule has 3 aromatic rings. The van der Waals surface area contributed by atoms with Gasteiger partial charge in [0, 0.05) is 11.8 Å². The van der Waals surface area contributed by atoms with E-state index in [9.17, 15) is 0 Å². The van der Waals surface area contributed by atoms with Crippen molar-refractivity contribution in [2.45, 2.75) is 6.92 Å². The summed E-state index contributed by atoms with van der Waals surface area (Å²) in [6, 6.07) is 10.2. The van der Waals surface area contributed by atoms with E-state index in [4.69, 9.17) is 0 Å². The smallest absolute Gasteiger partial charge is 0.147 e. The Bertz CT molecular complexity index is 688. The molecule has 0 saturated heterocycles. The number of aromatic nitrogens is 3. The first-order chi connectivity index (χ1) is 8.27. The number of imidazole rings is 1. The first kappa shape index (κ1) is 10.5. The second-order valence-corrected chi connectivity index (χ2v) is 4.63. The molecule has 17 heavy (non-hydrogen) atoms. The molecule has 0 atom stereocenters. The van der Waals surface area contributed by atoms with E-state index < -0.39 is 0 Å².